The zero-order chi connectivity index (χ0) is 20.6. The van der Waals surface area contributed by atoms with Gasteiger partial charge >= 0.3 is 5.97 Å². The maximum Gasteiger partial charge on any atom is 0.340 e. The van der Waals surface area contributed by atoms with Crippen LogP contribution in [-0.4, -0.2) is 37.0 Å². The SMILES string of the molecule is CCCCO[C@@H]1c2sc(C)cc2[C@@](OCCCC)(C(=O)O)C[C@H]1OCCCC. The maximum atomic E-state index is 12.5. The Morgan fingerprint density at radius 3 is 2.32 bits per heavy atom. The van der Waals surface area contributed by atoms with Gasteiger partial charge in [-0.15, -0.1) is 11.3 Å². The minimum atomic E-state index is -1.35. The number of aryl methyl sites for hydroxylation is 1. The van der Waals surface area contributed by atoms with E-state index >= 15 is 0 Å². The molecule has 0 saturated heterocycles. The smallest absolute Gasteiger partial charge is 0.340 e. The van der Waals surface area contributed by atoms with Crippen molar-refractivity contribution in [2.45, 2.75) is 90.4 Å². The Morgan fingerprint density at radius 2 is 1.71 bits per heavy atom. The van der Waals surface area contributed by atoms with Crippen LogP contribution in [0.1, 0.15) is 87.1 Å². The average Bonchev–Trinajstić information content (AvgIpc) is 3.06. The zero-order valence-electron chi connectivity index (χ0n) is 17.8. The van der Waals surface area contributed by atoms with Gasteiger partial charge in [-0.05, 0) is 32.3 Å². The van der Waals surface area contributed by atoms with Crippen molar-refractivity contribution in [3.63, 3.8) is 0 Å². The van der Waals surface area contributed by atoms with Gasteiger partial charge in [-0.1, -0.05) is 40.0 Å². The lowest BCUT2D eigenvalue weighted by atomic mass is 9.79. The molecule has 1 heterocycles. The van der Waals surface area contributed by atoms with Gasteiger partial charge in [-0.3, -0.25) is 0 Å². The maximum absolute atomic E-state index is 12.5. The lowest BCUT2D eigenvalue weighted by Gasteiger charge is -2.41. The molecule has 0 aromatic carbocycles. The quantitative estimate of drug-likeness (QED) is 0.427. The van der Waals surface area contributed by atoms with Crippen LogP contribution >= 0.6 is 11.3 Å². The van der Waals surface area contributed by atoms with Crippen LogP contribution < -0.4 is 0 Å². The second kappa shape index (κ2) is 11.3. The van der Waals surface area contributed by atoms with E-state index in [9.17, 15) is 9.90 Å². The van der Waals surface area contributed by atoms with Crippen LogP contribution in [0.15, 0.2) is 6.07 Å². The number of hydrogen-bond donors (Lipinski definition) is 1. The molecule has 2 rings (SSSR count). The number of unbranched alkanes of at least 4 members (excludes halogenated alkanes) is 3. The van der Waals surface area contributed by atoms with E-state index in [2.05, 4.69) is 20.8 Å². The highest BCUT2D eigenvalue weighted by Crippen LogP contribution is 2.49. The molecule has 0 spiro atoms. The Balaban J connectivity index is 2.39. The van der Waals surface area contributed by atoms with Crippen LogP contribution in [0.5, 0.6) is 0 Å². The van der Waals surface area contributed by atoms with Gasteiger partial charge in [0.15, 0.2) is 5.60 Å². The Kier molecular flexibility index (Phi) is 9.41. The molecule has 1 aromatic rings. The van der Waals surface area contributed by atoms with Gasteiger partial charge in [0.1, 0.15) is 6.10 Å². The summed E-state index contributed by atoms with van der Waals surface area (Å²) >= 11 is 1.61. The fourth-order valence-electron chi connectivity index (χ4n) is 3.58. The summed E-state index contributed by atoms with van der Waals surface area (Å²) < 4.78 is 18.5. The molecule has 5 nitrogen and oxygen atoms in total. The Bertz CT molecular complexity index is 614. The number of hydrogen-bond acceptors (Lipinski definition) is 5. The van der Waals surface area contributed by atoms with E-state index < -0.39 is 11.6 Å². The highest BCUT2D eigenvalue weighted by molar-refractivity contribution is 7.12. The Labute approximate surface area is 173 Å². The lowest BCUT2D eigenvalue weighted by Crippen LogP contribution is -2.48. The topological polar surface area (TPSA) is 65.0 Å². The number of carboxylic acids is 1. The van der Waals surface area contributed by atoms with Crippen LogP contribution in [-0.2, 0) is 24.6 Å². The molecule has 0 fully saturated rings. The van der Waals surface area contributed by atoms with Crippen LogP contribution in [0.2, 0.25) is 0 Å². The van der Waals surface area contributed by atoms with Crippen LogP contribution in [0.4, 0.5) is 0 Å². The predicted octanol–water partition coefficient (Wildman–Crippen LogP) is 5.60. The summed E-state index contributed by atoms with van der Waals surface area (Å²) in [5.74, 6) is -0.932. The van der Waals surface area contributed by atoms with Crippen molar-refractivity contribution in [3.8, 4) is 0 Å². The van der Waals surface area contributed by atoms with Gasteiger partial charge in [0.2, 0.25) is 0 Å². The summed E-state index contributed by atoms with van der Waals surface area (Å²) in [7, 11) is 0. The van der Waals surface area contributed by atoms with Crippen molar-refractivity contribution in [1.82, 2.24) is 0 Å². The standard InChI is InChI=1S/C22H36O5S/c1-5-8-11-25-18-15-22(21(23)24,27-13-10-7-3)17-14-16(4)28-20(17)19(18)26-12-9-6-2/h14,18-19H,5-13,15H2,1-4H3,(H,23,24)/t18-,19+,22-/m1/s1. The van der Waals surface area contributed by atoms with Gasteiger partial charge < -0.3 is 19.3 Å². The molecular weight excluding hydrogens is 376 g/mol. The molecule has 1 aromatic heterocycles. The van der Waals surface area contributed by atoms with Gasteiger partial charge in [-0.25, -0.2) is 4.79 Å². The monoisotopic (exact) mass is 412 g/mol. The predicted molar refractivity (Wildman–Crippen MR) is 112 cm³/mol. The van der Waals surface area contributed by atoms with E-state index in [1.54, 1.807) is 11.3 Å². The number of thiophene rings is 1. The highest BCUT2D eigenvalue weighted by atomic mass is 32.1. The summed E-state index contributed by atoms with van der Waals surface area (Å²) in [5, 5.41) is 10.2. The van der Waals surface area contributed by atoms with Crippen molar-refractivity contribution in [1.29, 1.82) is 0 Å². The molecule has 1 aliphatic rings. The third-order valence-electron chi connectivity index (χ3n) is 5.22. The van der Waals surface area contributed by atoms with Crippen molar-refractivity contribution in [3.05, 3.63) is 21.4 Å². The summed E-state index contributed by atoms with van der Waals surface area (Å²) in [6.45, 7) is 10.0. The van der Waals surface area contributed by atoms with Crippen LogP contribution in [0.3, 0.4) is 0 Å². The minimum Gasteiger partial charge on any atom is -0.479 e. The first kappa shape index (κ1) is 23.3. The van der Waals surface area contributed by atoms with Gasteiger partial charge in [0.05, 0.1) is 6.10 Å². The molecule has 6 heteroatoms. The normalized spacial score (nSPS) is 24.3. The molecule has 0 bridgehead atoms. The number of fused-ring (bicyclic) bond motifs is 1. The van der Waals surface area contributed by atoms with Crippen molar-refractivity contribution in [2.24, 2.45) is 0 Å². The number of aliphatic carboxylic acids is 1. The third-order valence-corrected chi connectivity index (χ3v) is 6.33. The molecule has 3 atom stereocenters. The third kappa shape index (κ3) is 5.35. The van der Waals surface area contributed by atoms with E-state index in [1.165, 1.54) is 0 Å². The molecule has 0 radical (unpaired) electrons. The summed E-state index contributed by atoms with van der Waals surface area (Å²) in [5.41, 5.74) is -0.591. The fourth-order valence-corrected chi connectivity index (χ4v) is 4.78. The zero-order valence-corrected chi connectivity index (χ0v) is 18.6. The summed E-state index contributed by atoms with van der Waals surface area (Å²) in [6.07, 6.45) is 5.58. The molecule has 160 valence electrons. The van der Waals surface area contributed by atoms with Gasteiger partial charge in [-0.2, -0.15) is 0 Å². The minimum absolute atomic E-state index is 0.223. The van der Waals surface area contributed by atoms with E-state index in [-0.39, 0.29) is 18.6 Å². The van der Waals surface area contributed by atoms with Crippen LogP contribution in [0, 0.1) is 6.92 Å². The molecule has 1 N–H and O–H groups in total. The Morgan fingerprint density at radius 1 is 1.11 bits per heavy atom. The average molecular weight is 413 g/mol. The van der Waals surface area contributed by atoms with Crippen molar-refractivity contribution >= 4 is 17.3 Å². The molecular formula is C22H36O5S. The van der Waals surface area contributed by atoms with Gasteiger partial charge in [0, 0.05) is 41.6 Å². The summed E-state index contributed by atoms with van der Waals surface area (Å²) in [4.78, 5) is 14.5. The number of carboxylic acid groups (broad SMARTS) is 1. The van der Waals surface area contributed by atoms with Crippen molar-refractivity contribution < 1.29 is 24.1 Å². The second-order valence-electron chi connectivity index (χ2n) is 7.58. The Hall–Kier alpha value is -0.950. The first-order chi connectivity index (χ1) is 13.5. The first-order valence-electron chi connectivity index (χ1n) is 10.7. The first-order valence-corrected chi connectivity index (χ1v) is 11.5. The molecule has 0 aliphatic heterocycles. The summed E-state index contributed by atoms with van der Waals surface area (Å²) in [6, 6.07) is 1.97. The highest BCUT2D eigenvalue weighted by Gasteiger charge is 2.53. The van der Waals surface area contributed by atoms with E-state index in [4.69, 9.17) is 14.2 Å². The molecule has 0 saturated carbocycles. The van der Waals surface area contributed by atoms with Crippen molar-refractivity contribution in [2.75, 3.05) is 19.8 Å². The molecule has 1 aliphatic carbocycles. The number of rotatable bonds is 13. The van der Waals surface area contributed by atoms with E-state index in [1.807, 2.05) is 13.0 Å². The fraction of sp³-hybridized carbons (Fsp3) is 0.773. The lowest BCUT2D eigenvalue weighted by molar-refractivity contribution is -0.186. The van der Waals surface area contributed by atoms with Gasteiger partial charge in [0.25, 0.3) is 0 Å². The number of carbonyl (C=O) groups is 1. The molecule has 28 heavy (non-hydrogen) atoms. The van der Waals surface area contributed by atoms with E-state index in [0.29, 0.717) is 19.8 Å². The second-order valence-corrected chi connectivity index (χ2v) is 8.87. The molecule has 0 amide bonds. The largest absolute Gasteiger partial charge is 0.479 e. The number of ether oxygens (including phenoxy) is 3. The van der Waals surface area contributed by atoms with Crippen LogP contribution in [0.25, 0.3) is 0 Å². The molecule has 0 unspecified atom stereocenters. The van der Waals surface area contributed by atoms with E-state index in [0.717, 1.165) is 53.8 Å².